The summed E-state index contributed by atoms with van der Waals surface area (Å²) < 4.78 is 2.64. The number of nitrogens with one attached hydrogen (secondary N) is 2. The number of carbonyl (C=O) groups is 1. The summed E-state index contributed by atoms with van der Waals surface area (Å²) in [7, 11) is 1.50. The lowest BCUT2D eigenvalue weighted by atomic mass is 10.5. The summed E-state index contributed by atoms with van der Waals surface area (Å²) >= 11 is 0. The van der Waals surface area contributed by atoms with Gasteiger partial charge in [0.1, 0.15) is 6.54 Å². The van der Waals surface area contributed by atoms with Crippen molar-refractivity contribution < 1.29 is 4.79 Å². The lowest BCUT2D eigenvalue weighted by molar-refractivity contribution is -0.121. The van der Waals surface area contributed by atoms with Crippen molar-refractivity contribution in [3.05, 3.63) is 27.2 Å². The summed E-state index contributed by atoms with van der Waals surface area (Å²) in [6, 6.07) is 0. The number of likely N-dealkylation sites (N-methyl/N-ethyl adjacent to an activating group) is 1. The summed E-state index contributed by atoms with van der Waals surface area (Å²) in [5, 5.41) is 2.63. The van der Waals surface area contributed by atoms with Crippen LogP contribution in [0.15, 0.2) is 15.9 Å². The zero-order chi connectivity index (χ0) is 13.3. The SMILES string of the molecule is CCNC(=O)Cn1cnc2c1c(=O)[nH]c(=O)n2C. The molecular weight excluding hydrogens is 238 g/mol. The Morgan fingerprint density at radius 2 is 2.22 bits per heavy atom. The molecule has 0 aliphatic carbocycles. The van der Waals surface area contributed by atoms with Crippen molar-refractivity contribution in [2.24, 2.45) is 7.05 Å². The molecule has 8 nitrogen and oxygen atoms in total. The number of H-pyrrole nitrogens is 1. The number of aromatic amines is 1. The van der Waals surface area contributed by atoms with Crippen molar-refractivity contribution in [1.29, 1.82) is 0 Å². The lowest BCUT2D eigenvalue weighted by Crippen LogP contribution is -2.31. The highest BCUT2D eigenvalue weighted by Crippen LogP contribution is 2.04. The van der Waals surface area contributed by atoms with E-state index in [1.165, 1.54) is 22.5 Å². The molecule has 2 aromatic heterocycles. The van der Waals surface area contributed by atoms with E-state index in [4.69, 9.17) is 0 Å². The lowest BCUT2D eigenvalue weighted by Gasteiger charge is -2.04. The van der Waals surface area contributed by atoms with Gasteiger partial charge in [-0.25, -0.2) is 9.78 Å². The van der Waals surface area contributed by atoms with Gasteiger partial charge < -0.3 is 9.88 Å². The van der Waals surface area contributed by atoms with Gasteiger partial charge in [-0.05, 0) is 6.92 Å². The molecule has 0 aliphatic rings. The maximum absolute atomic E-state index is 11.7. The van der Waals surface area contributed by atoms with Crippen LogP contribution < -0.4 is 16.6 Å². The van der Waals surface area contributed by atoms with Crippen molar-refractivity contribution in [2.75, 3.05) is 6.54 Å². The predicted octanol–water partition coefficient (Wildman–Crippen LogP) is -1.44. The molecule has 2 rings (SSSR count). The highest BCUT2D eigenvalue weighted by molar-refractivity contribution is 5.78. The van der Waals surface area contributed by atoms with Gasteiger partial charge in [0.15, 0.2) is 11.2 Å². The fourth-order valence-electron chi connectivity index (χ4n) is 1.71. The van der Waals surface area contributed by atoms with E-state index in [-0.39, 0.29) is 23.6 Å². The van der Waals surface area contributed by atoms with E-state index >= 15 is 0 Å². The molecule has 2 heterocycles. The van der Waals surface area contributed by atoms with Crippen LogP contribution in [0.3, 0.4) is 0 Å². The van der Waals surface area contributed by atoms with E-state index < -0.39 is 11.2 Å². The first-order valence-corrected chi connectivity index (χ1v) is 5.45. The van der Waals surface area contributed by atoms with Crippen LogP contribution in [-0.2, 0) is 18.4 Å². The largest absolute Gasteiger partial charge is 0.355 e. The molecule has 8 heteroatoms. The third-order valence-corrected chi connectivity index (χ3v) is 2.56. The van der Waals surface area contributed by atoms with Crippen molar-refractivity contribution in [3.8, 4) is 0 Å². The minimum Gasteiger partial charge on any atom is -0.355 e. The minimum atomic E-state index is -0.546. The number of imidazole rings is 1. The fraction of sp³-hybridized carbons (Fsp3) is 0.400. The van der Waals surface area contributed by atoms with Crippen LogP contribution in [0.4, 0.5) is 0 Å². The molecule has 0 fully saturated rings. The second kappa shape index (κ2) is 4.47. The van der Waals surface area contributed by atoms with E-state index in [9.17, 15) is 14.4 Å². The van der Waals surface area contributed by atoms with Crippen molar-refractivity contribution in [1.82, 2.24) is 24.4 Å². The van der Waals surface area contributed by atoms with Gasteiger partial charge in [0.25, 0.3) is 5.56 Å². The number of hydrogen-bond donors (Lipinski definition) is 2. The molecule has 0 saturated carbocycles. The Bertz CT molecular complexity index is 708. The van der Waals surface area contributed by atoms with Gasteiger partial charge in [-0.15, -0.1) is 0 Å². The second-order valence-corrected chi connectivity index (χ2v) is 3.82. The molecule has 0 atom stereocenters. The van der Waals surface area contributed by atoms with Gasteiger partial charge in [-0.1, -0.05) is 0 Å². The van der Waals surface area contributed by atoms with Gasteiger partial charge >= 0.3 is 5.69 Å². The number of aryl methyl sites for hydroxylation is 1. The van der Waals surface area contributed by atoms with Gasteiger partial charge in [-0.2, -0.15) is 0 Å². The maximum Gasteiger partial charge on any atom is 0.329 e. The standard InChI is InChI=1S/C10H13N5O3/c1-3-11-6(16)4-15-5-12-8-7(15)9(17)13-10(18)14(8)2/h5H,3-4H2,1-2H3,(H,11,16)(H,13,17,18). The van der Waals surface area contributed by atoms with Gasteiger partial charge in [0.05, 0.1) is 6.33 Å². The average molecular weight is 251 g/mol. The topological polar surface area (TPSA) is 102 Å². The first kappa shape index (κ1) is 12.1. The first-order valence-electron chi connectivity index (χ1n) is 5.45. The molecule has 0 radical (unpaired) electrons. The first-order chi connectivity index (χ1) is 8.54. The predicted molar refractivity (Wildman–Crippen MR) is 64.3 cm³/mol. The molecule has 1 amide bonds. The quantitative estimate of drug-likeness (QED) is 0.697. The molecule has 96 valence electrons. The molecule has 0 saturated heterocycles. The van der Waals surface area contributed by atoms with E-state index in [2.05, 4.69) is 15.3 Å². The van der Waals surface area contributed by atoms with Gasteiger partial charge in [0.2, 0.25) is 5.91 Å². The Morgan fingerprint density at radius 3 is 2.89 bits per heavy atom. The molecule has 0 spiro atoms. The summed E-state index contributed by atoms with van der Waals surface area (Å²) in [6.45, 7) is 2.31. The summed E-state index contributed by atoms with van der Waals surface area (Å²) in [5.74, 6) is -0.218. The van der Waals surface area contributed by atoms with Crippen LogP contribution in [0.2, 0.25) is 0 Å². The second-order valence-electron chi connectivity index (χ2n) is 3.82. The molecule has 2 aromatic rings. The molecule has 18 heavy (non-hydrogen) atoms. The van der Waals surface area contributed by atoms with Crippen molar-refractivity contribution >= 4 is 17.1 Å². The number of aromatic nitrogens is 4. The maximum atomic E-state index is 11.7. The monoisotopic (exact) mass is 251 g/mol. The van der Waals surface area contributed by atoms with Gasteiger partial charge in [-0.3, -0.25) is 19.1 Å². The smallest absolute Gasteiger partial charge is 0.329 e. The van der Waals surface area contributed by atoms with Crippen LogP contribution in [0.5, 0.6) is 0 Å². The number of rotatable bonds is 3. The van der Waals surface area contributed by atoms with E-state index in [1.807, 2.05) is 0 Å². The minimum absolute atomic E-state index is 0.00831. The summed E-state index contributed by atoms with van der Waals surface area (Å²) in [5.41, 5.74) is -0.609. The molecular formula is C10H13N5O3. The van der Waals surface area contributed by atoms with Crippen LogP contribution in [-0.4, -0.2) is 31.6 Å². The van der Waals surface area contributed by atoms with E-state index in [1.54, 1.807) is 6.92 Å². The summed E-state index contributed by atoms with van der Waals surface area (Å²) in [4.78, 5) is 40.7. The van der Waals surface area contributed by atoms with E-state index in [0.29, 0.717) is 6.54 Å². The van der Waals surface area contributed by atoms with Crippen LogP contribution in [0.1, 0.15) is 6.92 Å². The van der Waals surface area contributed by atoms with Crippen molar-refractivity contribution in [2.45, 2.75) is 13.5 Å². The average Bonchev–Trinajstić information content (AvgIpc) is 2.70. The van der Waals surface area contributed by atoms with Gasteiger partial charge in [0, 0.05) is 13.6 Å². The number of carbonyl (C=O) groups excluding carboxylic acids is 1. The fourth-order valence-corrected chi connectivity index (χ4v) is 1.71. The van der Waals surface area contributed by atoms with Crippen LogP contribution in [0, 0.1) is 0 Å². The summed E-state index contributed by atoms with van der Waals surface area (Å²) in [6.07, 6.45) is 1.37. The highest BCUT2D eigenvalue weighted by Gasteiger charge is 2.13. The number of amides is 1. The number of fused-ring (bicyclic) bond motifs is 1. The number of nitrogens with zero attached hydrogens (tertiary/aromatic N) is 3. The zero-order valence-corrected chi connectivity index (χ0v) is 10.1. The van der Waals surface area contributed by atoms with Crippen LogP contribution >= 0.6 is 0 Å². The van der Waals surface area contributed by atoms with Crippen molar-refractivity contribution in [3.63, 3.8) is 0 Å². The Balaban J connectivity index is 2.55. The molecule has 0 bridgehead atoms. The number of hydrogen-bond acceptors (Lipinski definition) is 4. The Kier molecular flexibility index (Phi) is 3.00. The Morgan fingerprint density at radius 1 is 1.50 bits per heavy atom. The molecule has 0 unspecified atom stereocenters. The third kappa shape index (κ3) is 1.92. The zero-order valence-electron chi connectivity index (χ0n) is 10.1. The van der Waals surface area contributed by atoms with E-state index in [0.717, 1.165) is 0 Å². The molecule has 0 aromatic carbocycles. The third-order valence-electron chi connectivity index (χ3n) is 2.56. The Labute approximate surface area is 101 Å². The van der Waals surface area contributed by atoms with Crippen LogP contribution in [0.25, 0.3) is 11.2 Å². The molecule has 2 N–H and O–H groups in total. The molecule has 0 aliphatic heterocycles. The normalized spacial score (nSPS) is 10.8. The highest BCUT2D eigenvalue weighted by atomic mass is 16.2. The Hall–Kier alpha value is -2.38.